The van der Waals surface area contributed by atoms with Crippen molar-refractivity contribution in [3.8, 4) is 0 Å². The molecule has 3 N–H and O–H groups in total. The van der Waals surface area contributed by atoms with Gasteiger partial charge in [0.2, 0.25) is 5.91 Å². The SMILES string of the molecule is CCCCCCCCCCCCCCCCCCC/C=C/C(O)C(COP(=O)(O)OCC[N+](C)(C)C)NC(=O)CC. The van der Waals surface area contributed by atoms with E-state index in [0.717, 1.165) is 19.3 Å². The first kappa shape index (κ1) is 40.2. The number of hydrogen-bond donors (Lipinski definition) is 3. The van der Waals surface area contributed by atoms with Crippen LogP contribution in [0.5, 0.6) is 0 Å². The zero-order valence-corrected chi connectivity index (χ0v) is 28.2. The van der Waals surface area contributed by atoms with E-state index in [1.807, 2.05) is 27.2 Å². The second kappa shape index (κ2) is 25.7. The van der Waals surface area contributed by atoms with Gasteiger partial charge in [0, 0.05) is 6.42 Å². The Hall–Kier alpha value is -0.760. The first-order valence-corrected chi connectivity index (χ1v) is 18.1. The van der Waals surface area contributed by atoms with Gasteiger partial charge in [-0.2, -0.15) is 0 Å². The summed E-state index contributed by atoms with van der Waals surface area (Å²) in [6.45, 7) is 4.25. The van der Waals surface area contributed by atoms with Gasteiger partial charge in [-0.05, 0) is 12.8 Å². The zero-order valence-electron chi connectivity index (χ0n) is 27.3. The molecule has 8 nitrogen and oxygen atoms in total. The lowest BCUT2D eigenvalue weighted by Crippen LogP contribution is -2.45. The van der Waals surface area contributed by atoms with Crippen molar-refractivity contribution in [2.75, 3.05) is 40.9 Å². The van der Waals surface area contributed by atoms with Gasteiger partial charge in [0.05, 0.1) is 39.9 Å². The molecule has 41 heavy (non-hydrogen) atoms. The summed E-state index contributed by atoms with van der Waals surface area (Å²) in [6.07, 6.45) is 26.4. The maximum Gasteiger partial charge on any atom is 0.472 e. The Balaban J connectivity index is 3.99. The normalized spacial score (nSPS) is 15.2. The number of aliphatic hydroxyl groups excluding tert-OH is 1. The van der Waals surface area contributed by atoms with Gasteiger partial charge in [-0.25, -0.2) is 4.57 Å². The minimum atomic E-state index is -4.29. The third kappa shape index (κ3) is 27.8. The fourth-order valence-corrected chi connectivity index (χ4v) is 5.27. The average molecular weight is 606 g/mol. The van der Waals surface area contributed by atoms with Crippen LogP contribution in [0.4, 0.5) is 0 Å². The number of phosphoric acid groups is 1. The molecule has 0 aromatic heterocycles. The van der Waals surface area contributed by atoms with Crippen molar-refractivity contribution in [1.82, 2.24) is 5.32 Å². The summed E-state index contributed by atoms with van der Waals surface area (Å²) < 4.78 is 22.9. The quantitative estimate of drug-likeness (QED) is 0.0350. The molecule has 3 unspecified atom stereocenters. The number of hydrogen-bond acceptors (Lipinski definition) is 5. The summed E-state index contributed by atoms with van der Waals surface area (Å²) in [5.41, 5.74) is 0. The van der Waals surface area contributed by atoms with Crippen LogP contribution in [0.15, 0.2) is 12.2 Å². The van der Waals surface area contributed by atoms with Gasteiger partial charge < -0.3 is 19.8 Å². The van der Waals surface area contributed by atoms with Crippen LogP contribution in [0.25, 0.3) is 0 Å². The fourth-order valence-electron chi connectivity index (χ4n) is 4.53. The van der Waals surface area contributed by atoms with Crippen molar-refractivity contribution in [3.63, 3.8) is 0 Å². The van der Waals surface area contributed by atoms with Crippen LogP contribution in [0.1, 0.15) is 136 Å². The van der Waals surface area contributed by atoms with Crippen molar-refractivity contribution in [1.29, 1.82) is 0 Å². The molecule has 0 radical (unpaired) electrons. The summed E-state index contributed by atoms with van der Waals surface area (Å²) in [6, 6.07) is -0.836. The largest absolute Gasteiger partial charge is 0.472 e. The molecule has 0 saturated carbocycles. The number of allylic oxidation sites excluding steroid dienone is 1. The zero-order chi connectivity index (χ0) is 30.8. The monoisotopic (exact) mass is 605 g/mol. The molecule has 0 rings (SSSR count). The minimum absolute atomic E-state index is 0.0606. The standard InChI is InChI=1S/C32H65N2O6P/c1-6-8-9-10-11-12-13-14-15-16-17-18-19-20-21-22-23-24-25-26-31(35)30(33-32(36)7-2)29-40-41(37,38)39-28-27-34(3,4)5/h25-26,30-31,35H,6-24,27-29H2,1-5H3,(H-,33,36,37,38)/p+1/b26-25+. The predicted octanol–water partition coefficient (Wildman–Crippen LogP) is 7.68. The second-order valence-corrected chi connectivity index (χ2v) is 14.0. The Kier molecular flexibility index (Phi) is 25.2. The van der Waals surface area contributed by atoms with E-state index in [9.17, 15) is 19.4 Å². The average Bonchev–Trinajstić information content (AvgIpc) is 2.91. The van der Waals surface area contributed by atoms with Crippen LogP contribution in [0.3, 0.4) is 0 Å². The summed E-state index contributed by atoms with van der Waals surface area (Å²) in [7, 11) is 1.56. The first-order valence-electron chi connectivity index (χ1n) is 16.6. The number of likely N-dealkylation sites (N-methyl/N-ethyl adjacent to an activating group) is 1. The summed E-state index contributed by atoms with van der Waals surface area (Å²) >= 11 is 0. The molecule has 244 valence electrons. The number of amides is 1. The van der Waals surface area contributed by atoms with E-state index in [1.165, 1.54) is 96.3 Å². The molecule has 0 spiro atoms. The first-order chi connectivity index (χ1) is 19.5. The van der Waals surface area contributed by atoms with Crippen LogP contribution in [0.2, 0.25) is 0 Å². The molecule has 3 atom stereocenters. The predicted molar refractivity (Wildman–Crippen MR) is 171 cm³/mol. The number of aliphatic hydroxyl groups is 1. The maximum absolute atomic E-state index is 12.2. The molecule has 0 heterocycles. The summed E-state index contributed by atoms with van der Waals surface area (Å²) in [4.78, 5) is 21.9. The molecule has 0 aliphatic carbocycles. The summed E-state index contributed by atoms with van der Waals surface area (Å²) in [5.74, 6) is -0.266. The van der Waals surface area contributed by atoms with E-state index in [1.54, 1.807) is 13.0 Å². The molecule has 0 aliphatic rings. The van der Waals surface area contributed by atoms with Crippen molar-refractivity contribution in [2.24, 2.45) is 0 Å². The van der Waals surface area contributed by atoms with Crippen LogP contribution in [0, 0.1) is 0 Å². The molecule has 0 aliphatic heterocycles. The highest BCUT2D eigenvalue weighted by Gasteiger charge is 2.27. The van der Waals surface area contributed by atoms with E-state index < -0.39 is 20.0 Å². The second-order valence-electron chi connectivity index (χ2n) is 12.5. The lowest BCUT2D eigenvalue weighted by atomic mass is 10.0. The van der Waals surface area contributed by atoms with E-state index in [2.05, 4.69) is 12.2 Å². The molecule has 0 fully saturated rings. The van der Waals surface area contributed by atoms with E-state index >= 15 is 0 Å². The molecule has 9 heteroatoms. The van der Waals surface area contributed by atoms with Gasteiger partial charge in [-0.15, -0.1) is 0 Å². The Labute approximate surface area is 252 Å². The molecule has 0 bridgehead atoms. The number of nitrogens with zero attached hydrogens (tertiary/aromatic N) is 1. The van der Waals surface area contributed by atoms with Crippen LogP contribution >= 0.6 is 7.82 Å². The van der Waals surface area contributed by atoms with Gasteiger partial charge in [0.25, 0.3) is 0 Å². The lowest BCUT2D eigenvalue weighted by Gasteiger charge is -2.25. The van der Waals surface area contributed by atoms with Crippen LogP contribution < -0.4 is 5.32 Å². The third-order valence-corrected chi connectivity index (χ3v) is 8.31. The molecule has 0 aromatic carbocycles. The Morgan fingerprint density at radius 1 is 0.805 bits per heavy atom. The fraction of sp³-hybridized carbons (Fsp3) is 0.906. The molecule has 0 saturated heterocycles. The van der Waals surface area contributed by atoms with E-state index in [-0.39, 0.29) is 25.5 Å². The topological polar surface area (TPSA) is 105 Å². The lowest BCUT2D eigenvalue weighted by molar-refractivity contribution is -0.870. The van der Waals surface area contributed by atoms with Gasteiger partial charge in [-0.1, -0.05) is 129 Å². The van der Waals surface area contributed by atoms with Gasteiger partial charge in [-0.3, -0.25) is 13.8 Å². The van der Waals surface area contributed by atoms with Crippen molar-refractivity contribution < 1.29 is 32.9 Å². The number of carbonyl (C=O) groups is 1. The number of carbonyl (C=O) groups excluding carboxylic acids is 1. The summed E-state index contributed by atoms with van der Waals surface area (Å²) in [5, 5.41) is 13.3. The third-order valence-electron chi connectivity index (χ3n) is 7.32. The van der Waals surface area contributed by atoms with Crippen LogP contribution in [-0.4, -0.2) is 73.4 Å². The van der Waals surface area contributed by atoms with Crippen molar-refractivity contribution in [2.45, 2.75) is 148 Å². The van der Waals surface area contributed by atoms with Crippen molar-refractivity contribution in [3.05, 3.63) is 12.2 Å². The Bertz CT molecular complexity index is 698. The highest BCUT2D eigenvalue weighted by Crippen LogP contribution is 2.43. The Morgan fingerprint density at radius 3 is 1.71 bits per heavy atom. The molecular formula is C32H66N2O6P+. The van der Waals surface area contributed by atoms with Gasteiger partial charge in [0.15, 0.2) is 0 Å². The maximum atomic E-state index is 12.2. The number of phosphoric ester groups is 1. The smallest absolute Gasteiger partial charge is 0.387 e. The van der Waals surface area contributed by atoms with Crippen LogP contribution in [-0.2, 0) is 18.4 Å². The Morgan fingerprint density at radius 2 is 1.27 bits per heavy atom. The van der Waals surface area contributed by atoms with Crippen molar-refractivity contribution >= 4 is 13.7 Å². The molecular weight excluding hydrogens is 539 g/mol. The number of unbranched alkanes of at least 4 members (excludes halogenated alkanes) is 17. The van der Waals surface area contributed by atoms with Gasteiger partial charge in [0.1, 0.15) is 13.2 Å². The number of quaternary nitrogens is 1. The minimum Gasteiger partial charge on any atom is -0.387 e. The number of rotatable bonds is 29. The molecule has 1 amide bonds. The molecule has 0 aromatic rings. The highest BCUT2D eigenvalue weighted by molar-refractivity contribution is 7.47. The van der Waals surface area contributed by atoms with E-state index in [4.69, 9.17) is 9.05 Å². The highest BCUT2D eigenvalue weighted by atomic mass is 31.2. The van der Waals surface area contributed by atoms with Gasteiger partial charge >= 0.3 is 7.82 Å². The van der Waals surface area contributed by atoms with E-state index in [0.29, 0.717) is 11.0 Å². The number of nitrogens with one attached hydrogen (secondary N) is 1.